The molecule has 5 nitrogen and oxygen atoms in total. The van der Waals surface area contributed by atoms with Gasteiger partial charge in [0, 0.05) is 17.5 Å². The molecule has 3 rings (SSSR count). The molecule has 0 spiro atoms. The number of anilines is 1. The highest BCUT2D eigenvalue weighted by molar-refractivity contribution is 7.13. The van der Waals surface area contributed by atoms with Crippen LogP contribution < -0.4 is 5.73 Å². The van der Waals surface area contributed by atoms with Crippen molar-refractivity contribution in [3.05, 3.63) is 35.0 Å². The Balaban J connectivity index is 2.30. The van der Waals surface area contributed by atoms with Gasteiger partial charge in [-0.1, -0.05) is 6.07 Å². The van der Waals surface area contributed by atoms with E-state index < -0.39 is 0 Å². The molecule has 20 heavy (non-hydrogen) atoms. The predicted molar refractivity (Wildman–Crippen MR) is 81.4 cm³/mol. The molecule has 102 valence electrons. The van der Waals surface area contributed by atoms with E-state index in [1.165, 1.54) is 0 Å². The van der Waals surface area contributed by atoms with Crippen LogP contribution in [0, 0.1) is 13.8 Å². The number of thiophene rings is 1. The van der Waals surface area contributed by atoms with Crippen molar-refractivity contribution in [3.63, 3.8) is 0 Å². The van der Waals surface area contributed by atoms with Crippen molar-refractivity contribution in [2.45, 2.75) is 13.8 Å². The minimum atomic E-state index is 0.663. The van der Waals surface area contributed by atoms with E-state index in [1.807, 2.05) is 38.4 Å². The van der Waals surface area contributed by atoms with Crippen molar-refractivity contribution < 1.29 is 0 Å². The summed E-state index contributed by atoms with van der Waals surface area (Å²) in [5, 5.41) is 14.9. The van der Waals surface area contributed by atoms with Gasteiger partial charge in [0.1, 0.15) is 11.5 Å². The molecule has 0 atom stereocenters. The molecule has 0 aromatic carbocycles. The van der Waals surface area contributed by atoms with Gasteiger partial charge in [0.15, 0.2) is 0 Å². The van der Waals surface area contributed by atoms with E-state index in [-0.39, 0.29) is 0 Å². The lowest BCUT2D eigenvalue weighted by molar-refractivity contribution is 0.781. The van der Waals surface area contributed by atoms with Gasteiger partial charge in [0.25, 0.3) is 0 Å². The zero-order chi connectivity index (χ0) is 14.3. The molecule has 0 aliphatic carbocycles. The highest BCUT2D eigenvalue weighted by Gasteiger charge is 2.20. The van der Waals surface area contributed by atoms with Crippen LogP contribution in [0.2, 0.25) is 0 Å². The Labute approximate surface area is 121 Å². The number of rotatable bonds is 2. The third kappa shape index (κ3) is 1.98. The van der Waals surface area contributed by atoms with Crippen LogP contribution in [-0.2, 0) is 7.05 Å². The summed E-state index contributed by atoms with van der Waals surface area (Å²) in [6.07, 6.45) is 0. The van der Waals surface area contributed by atoms with Gasteiger partial charge in [-0.25, -0.2) is 0 Å². The number of nitrogens with two attached hydrogens (primary N) is 1. The lowest BCUT2D eigenvalue weighted by Gasteiger charge is -2.05. The molecule has 0 saturated heterocycles. The SMILES string of the molecule is Cc1cc(-c2nn(C)c(N)c2-c2cccs2)c(C)nn1. The first kappa shape index (κ1) is 12.8. The minimum absolute atomic E-state index is 0.663. The van der Waals surface area contributed by atoms with Crippen LogP contribution in [0.1, 0.15) is 11.4 Å². The Bertz CT molecular complexity index is 758. The van der Waals surface area contributed by atoms with Crippen LogP contribution in [0.4, 0.5) is 5.82 Å². The Morgan fingerprint density at radius 2 is 2.05 bits per heavy atom. The average Bonchev–Trinajstić information content (AvgIpc) is 3.02. The number of aromatic nitrogens is 4. The average molecular weight is 285 g/mol. The van der Waals surface area contributed by atoms with Crippen molar-refractivity contribution in [2.75, 3.05) is 5.73 Å². The highest BCUT2D eigenvalue weighted by atomic mass is 32.1. The lowest BCUT2D eigenvalue weighted by Crippen LogP contribution is -1.97. The summed E-state index contributed by atoms with van der Waals surface area (Å²) < 4.78 is 1.71. The van der Waals surface area contributed by atoms with Crippen molar-refractivity contribution >= 4 is 17.2 Å². The lowest BCUT2D eigenvalue weighted by atomic mass is 10.1. The van der Waals surface area contributed by atoms with E-state index in [2.05, 4.69) is 21.4 Å². The second kappa shape index (κ2) is 4.72. The van der Waals surface area contributed by atoms with Gasteiger partial charge in [0.2, 0.25) is 0 Å². The first-order chi connectivity index (χ1) is 9.58. The summed E-state index contributed by atoms with van der Waals surface area (Å²) in [5.74, 6) is 0.663. The van der Waals surface area contributed by atoms with Crippen LogP contribution in [-0.4, -0.2) is 20.0 Å². The van der Waals surface area contributed by atoms with Gasteiger partial charge in [-0.05, 0) is 31.4 Å². The van der Waals surface area contributed by atoms with Crippen molar-refractivity contribution in [1.29, 1.82) is 0 Å². The molecule has 0 bridgehead atoms. The van der Waals surface area contributed by atoms with E-state index in [9.17, 15) is 0 Å². The molecule has 0 aliphatic rings. The van der Waals surface area contributed by atoms with E-state index in [0.717, 1.165) is 33.1 Å². The molecule has 0 aliphatic heterocycles. The molecule has 0 fully saturated rings. The molecular formula is C14H15N5S. The van der Waals surface area contributed by atoms with E-state index in [4.69, 9.17) is 5.73 Å². The number of hydrogen-bond acceptors (Lipinski definition) is 5. The van der Waals surface area contributed by atoms with Crippen molar-refractivity contribution in [2.24, 2.45) is 7.05 Å². The molecule has 3 aromatic rings. The standard InChI is InChI=1S/C14H15N5S/c1-8-7-10(9(2)17-16-8)13-12(11-5-4-6-20-11)14(15)19(3)18-13/h4-7H,15H2,1-3H3. The second-order valence-corrected chi connectivity index (χ2v) is 5.64. The topological polar surface area (TPSA) is 69.6 Å². The fourth-order valence-corrected chi connectivity index (χ4v) is 2.96. The maximum atomic E-state index is 6.19. The van der Waals surface area contributed by atoms with Gasteiger partial charge in [-0.2, -0.15) is 15.3 Å². The van der Waals surface area contributed by atoms with Crippen LogP contribution in [0.15, 0.2) is 23.6 Å². The zero-order valence-electron chi connectivity index (χ0n) is 11.6. The first-order valence-corrected chi connectivity index (χ1v) is 7.13. The summed E-state index contributed by atoms with van der Waals surface area (Å²) in [7, 11) is 1.85. The van der Waals surface area contributed by atoms with E-state index in [1.54, 1.807) is 16.0 Å². The molecular weight excluding hydrogens is 270 g/mol. The summed E-state index contributed by atoms with van der Waals surface area (Å²) in [6.45, 7) is 3.86. The third-order valence-electron chi connectivity index (χ3n) is 3.22. The highest BCUT2D eigenvalue weighted by Crippen LogP contribution is 2.38. The zero-order valence-corrected chi connectivity index (χ0v) is 12.4. The van der Waals surface area contributed by atoms with Crippen LogP contribution in [0.3, 0.4) is 0 Å². The maximum absolute atomic E-state index is 6.19. The van der Waals surface area contributed by atoms with Gasteiger partial charge in [-0.15, -0.1) is 11.3 Å². The molecule has 6 heteroatoms. The Kier molecular flexibility index (Phi) is 3.02. The Hall–Kier alpha value is -2.21. The van der Waals surface area contributed by atoms with Gasteiger partial charge in [0.05, 0.1) is 17.0 Å². The normalized spacial score (nSPS) is 10.9. The van der Waals surface area contributed by atoms with Crippen LogP contribution >= 0.6 is 11.3 Å². The van der Waals surface area contributed by atoms with Crippen LogP contribution in [0.5, 0.6) is 0 Å². The summed E-state index contributed by atoms with van der Waals surface area (Å²) in [6, 6.07) is 6.07. The Morgan fingerprint density at radius 1 is 1.25 bits per heavy atom. The van der Waals surface area contributed by atoms with Gasteiger partial charge >= 0.3 is 0 Å². The smallest absolute Gasteiger partial charge is 0.130 e. The second-order valence-electron chi connectivity index (χ2n) is 4.69. The van der Waals surface area contributed by atoms with E-state index in [0.29, 0.717) is 5.82 Å². The van der Waals surface area contributed by atoms with Gasteiger partial charge < -0.3 is 5.73 Å². The Morgan fingerprint density at radius 3 is 2.75 bits per heavy atom. The quantitative estimate of drug-likeness (QED) is 0.786. The third-order valence-corrected chi connectivity index (χ3v) is 4.10. The summed E-state index contributed by atoms with van der Waals surface area (Å²) in [4.78, 5) is 1.11. The number of aryl methyl sites for hydroxylation is 3. The fourth-order valence-electron chi connectivity index (χ4n) is 2.18. The number of hydrogen-bond donors (Lipinski definition) is 1. The minimum Gasteiger partial charge on any atom is -0.383 e. The van der Waals surface area contributed by atoms with Gasteiger partial charge in [-0.3, -0.25) is 4.68 Å². The molecule has 3 aromatic heterocycles. The monoisotopic (exact) mass is 285 g/mol. The van der Waals surface area contributed by atoms with E-state index >= 15 is 0 Å². The molecule has 0 amide bonds. The molecule has 0 saturated carbocycles. The maximum Gasteiger partial charge on any atom is 0.130 e. The molecule has 0 radical (unpaired) electrons. The summed E-state index contributed by atoms with van der Waals surface area (Å²) >= 11 is 1.65. The predicted octanol–water partition coefficient (Wildman–Crippen LogP) is 2.80. The fraction of sp³-hybridized carbons (Fsp3) is 0.214. The number of nitrogens with zero attached hydrogens (tertiary/aromatic N) is 4. The van der Waals surface area contributed by atoms with Crippen molar-refractivity contribution in [3.8, 4) is 21.7 Å². The molecule has 0 unspecified atom stereocenters. The largest absolute Gasteiger partial charge is 0.383 e. The number of nitrogen functional groups attached to an aromatic ring is 1. The molecule has 2 N–H and O–H groups in total. The summed E-state index contributed by atoms with van der Waals surface area (Å²) in [5.41, 5.74) is 10.7. The first-order valence-electron chi connectivity index (χ1n) is 6.25. The molecule has 3 heterocycles. The van der Waals surface area contributed by atoms with Crippen molar-refractivity contribution in [1.82, 2.24) is 20.0 Å². The van der Waals surface area contributed by atoms with Crippen LogP contribution in [0.25, 0.3) is 21.7 Å².